The fourth-order valence-electron chi connectivity index (χ4n) is 1.44. The zero-order chi connectivity index (χ0) is 10.8. The molecule has 80 valence electrons. The molecule has 2 aromatic heterocycles. The van der Waals surface area contributed by atoms with E-state index in [9.17, 15) is 0 Å². The molecule has 15 heavy (non-hydrogen) atoms. The van der Waals surface area contributed by atoms with Gasteiger partial charge in [0.2, 0.25) is 0 Å². The van der Waals surface area contributed by atoms with E-state index in [4.69, 9.17) is 10.5 Å². The number of aromatic amines is 1. The van der Waals surface area contributed by atoms with Crippen LogP contribution in [0.15, 0.2) is 12.1 Å². The highest BCUT2D eigenvalue weighted by Gasteiger charge is 2.11. The first-order chi connectivity index (χ1) is 7.20. The highest BCUT2D eigenvalue weighted by molar-refractivity contribution is 5.70. The van der Waals surface area contributed by atoms with Gasteiger partial charge in [0.25, 0.3) is 0 Å². The van der Waals surface area contributed by atoms with Gasteiger partial charge in [0.1, 0.15) is 5.82 Å². The molecule has 2 rings (SSSR count). The molecule has 1 unspecified atom stereocenters. The summed E-state index contributed by atoms with van der Waals surface area (Å²) in [6.07, 6.45) is 0. The van der Waals surface area contributed by atoms with Gasteiger partial charge >= 0.3 is 0 Å². The van der Waals surface area contributed by atoms with Crippen LogP contribution in [-0.4, -0.2) is 28.7 Å². The Kier molecular flexibility index (Phi) is 2.66. The standard InChI is InChI=1S/C10H14N4O/c1-6-3-4-8-10(12-6)14-9(13-8)7(11)5-15-2/h3-4,7H,5,11H2,1-2H3,(H,12,13,14). The molecule has 0 spiro atoms. The first-order valence-electron chi connectivity index (χ1n) is 4.78. The zero-order valence-corrected chi connectivity index (χ0v) is 8.82. The van der Waals surface area contributed by atoms with Crippen LogP contribution in [0.25, 0.3) is 11.2 Å². The van der Waals surface area contributed by atoms with Gasteiger partial charge < -0.3 is 15.5 Å². The Bertz CT molecular complexity index is 465. The van der Waals surface area contributed by atoms with E-state index in [-0.39, 0.29) is 6.04 Å². The number of nitrogens with two attached hydrogens (primary N) is 1. The van der Waals surface area contributed by atoms with Gasteiger partial charge in [0, 0.05) is 12.8 Å². The van der Waals surface area contributed by atoms with E-state index < -0.39 is 0 Å². The molecule has 2 heterocycles. The predicted molar refractivity (Wildman–Crippen MR) is 57.4 cm³/mol. The SMILES string of the molecule is COCC(N)c1nc2nc(C)ccc2[nH]1. The van der Waals surface area contributed by atoms with Gasteiger partial charge in [-0.1, -0.05) is 0 Å². The van der Waals surface area contributed by atoms with Crippen LogP contribution in [0.5, 0.6) is 0 Å². The minimum absolute atomic E-state index is 0.232. The lowest BCUT2D eigenvalue weighted by Crippen LogP contribution is -2.17. The molecule has 5 nitrogen and oxygen atoms in total. The van der Waals surface area contributed by atoms with Crippen LogP contribution >= 0.6 is 0 Å². The number of fused-ring (bicyclic) bond motifs is 1. The van der Waals surface area contributed by atoms with Gasteiger partial charge in [-0.3, -0.25) is 0 Å². The minimum atomic E-state index is -0.232. The van der Waals surface area contributed by atoms with Crippen LogP contribution in [0.3, 0.4) is 0 Å². The van der Waals surface area contributed by atoms with Crippen molar-refractivity contribution < 1.29 is 4.74 Å². The van der Waals surface area contributed by atoms with Crippen molar-refractivity contribution in [3.63, 3.8) is 0 Å². The number of H-pyrrole nitrogens is 1. The zero-order valence-electron chi connectivity index (χ0n) is 8.82. The summed E-state index contributed by atoms with van der Waals surface area (Å²) in [4.78, 5) is 11.7. The maximum atomic E-state index is 5.86. The van der Waals surface area contributed by atoms with Gasteiger partial charge in [0.05, 0.1) is 18.2 Å². The number of aromatic nitrogens is 3. The Hall–Kier alpha value is -1.46. The second-order valence-corrected chi connectivity index (χ2v) is 3.51. The lowest BCUT2D eigenvalue weighted by atomic mass is 10.3. The molecule has 0 saturated carbocycles. The number of aryl methyl sites for hydroxylation is 1. The highest BCUT2D eigenvalue weighted by atomic mass is 16.5. The van der Waals surface area contributed by atoms with Gasteiger partial charge in [-0.2, -0.15) is 0 Å². The Morgan fingerprint density at radius 1 is 1.47 bits per heavy atom. The van der Waals surface area contributed by atoms with Crippen LogP contribution in [0.4, 0.5) is 0 Å². The van der Waals surface area contributed by atoms with E-state index in [0.29, 0.717) is 18.1 Å². The van der Waals surface area contributed by atoms with Crippen LogP contribution in [0, 0.1) is 6.92 Å². The fraction of sp³-hybridized carbons (Fsp3) is 0.400. The van der Waals surface area contributed by atoms with E-state index in [1.54, 1.807) is 7.11 Å². The number of nitrogens with zero attached hydrogens (tertiary/aromatic N) is 2. The summed E-state index contributed by atoms with van der Waals surface area (Å²) in [6.45, 7) is 2.38. The molecule has 0 aromatic carbocycles. The number of methoxy groups -OCH3 is 1. The molecule has 0 amide bonds. The van der Waals surface area contributed by atoms with Crippen molar-refractivity contribution in [1.29, 1.82) is 0 Å². The molecule has 3 N–H and O–H groups in total. The van der Waals surface area contributed by atoms with Crippen molar-refractivity contribution >= 4 is 11.2 Å². The van der Waals surface area contributed by atoms with Crippen LogP contribution in [0.1, 0.15) is 17.6 Å². The number of ether oxygens (including phenoxy) is 1. The molecule has 0 aliphatic heterocycles. The number of hydrogen-bond acceptors (Lipinski definition) is 4. The van der Waals surface area contributed by atoms with E-state index in [0.717, 1.165) is 11.2 Å². The summed E-state index contributed by atoms with van der Waals surface area (Å²) in [5.74, 6) is 0.713. The smallest absolute Gasteiger partial charge is 0.178 e. The van der Waals surface area contributed by atoms with E-state index in [1.807, 2.05) is 19.1 Å². The lowest BCUT2D eigenvalue weighted by molar-refractivity contribution is 0.178. The quantitative estimate of drug-likeness (QED) is 0.782. The summed E-state index contributed by atoms with van der Waals surface area (Å²) in [5, 5.41) is 0. The van der Waals surface area contributed by atoms with Crippen LogP contribution in [0.2, 0.25) is 0 Å². The summed E-state index contributed by atoms with van der Waals surface area (Å²) in [7, 11) is 1.62. The average molecular weight is 206 g/mol. The minimum Gasteiger partial charge on any atom is -0.383 e. The van der Waals surface area contributed by atoms with Crippen molar-refractivity contribution in [3.05, 3.63) is 23.7 Å². The Morgan fingerprint density at radius 3 is 3.00 bits per heavy atom. The van der Waals surface area contributed by atoms with Crippen molar-refractivity contribution in [2.24, 2.45) is 5.73 Å². The first kappa shape index (κ1) is 10.1. The van der Waals surface area contributed by atoms with Crippen molar-refractivity contribution in [2.45, 2.75) is 13.0 Å². The molecule has 0 saturated heterocycles. The van der Waals surface area contributed by atoms with E-state index >= 15 is 0 Å². The maximum absolute atomic E-state index is 5.86. The normalized spacial score (nSPS) is 13.3. The molecule has 0 radical (unpaired) electrons. The Morgan fingerprint density at radius 2 is 2.27 bits per heavy atom. The summed E-state index contributed by atoms with van der Waals surface area (Å²) in [5.41, 5.74) is 8.42. The van der Waals surface area contributed by atoms with Crippen molar-refractivity contribution in [3.8, 4) is 0 Å². The van der Waals surface area contributed by atoms with Gasteiger partial charge in [0.15, 0.2) is 5.65 Å². The largest absolute Gasteiger partial charge is 0.383 e. The lowest BCUT2D eigenvalue weighted by Gasteiger charge is -2.05. The van der Waals surface area contributed by atoms with E-state index in [1.165, 1.54) is 0 Å². The number of rotatable bonds is 3. The van der Waals surface area contributed by atoms with Gasteiger partial charge in [-0.25, -0.2) is 9.97 Å². The van der Waals surface area contributed by atoms with Gasteiger partial charge in [-0.05, 0) is 19.1 Å². The van der Waals surface area contributed by atoms with Crippen molar-refractivity contribution in [2.75, 3.05) is 13.7 Å². The topological polar surface area (TPSA) is 76.8 Å². The first-order valence-corrected chi connectivity index (χ1v) is 4.78. The molecule has 1 atom stereocenters. The third-order valence-electron chi connectivity index (χ3n) is 2.20. The number of pyridine rings is 1. The van der Waals surface area contributed by atoms with E-state index in [2.05, 4.69) is 15.0 Å². The molecule has 0 aliphatic rings. The summed E-state index contributed by atoms with van der Waals surface area (Å²) >= 11 is 0. The molecular weight excluding hydrogens is 192 g/mol. The third kappa shape index (κ3) is 1.98. The predicted octanol–water partition coefficient (Wildman–Crippen LogP) is 0.913. The number of nitrogens with one attached hydrogen (secondary N) is 1. The third-order valence-corrected chi connectivity index (χ3v) is 2.20. The molecule has 5 heteroatoms. The molecule has 0 fully saturated rings. The Balaban J connectivity index is 2.38. The fourth-order valence-corrected chi connectivity index (χ4v) is 1.44. The summed E-state index contributed by atoms with van der Waals surface area (Å²) < 4.78 is 4.97. The highest BCUT2D eigenvalue weighted by Crippen LogP contribution is 2.13. The average Bonchev–Trinajstić information content (AvgIpc) is 2.60. The van der Waals surface area contributed by atoms with Crippen LogP contribution in [-0.2, 0) is 4.74 Å². The van der Waals surface area contributed by atoms with Crippen LogP contribution < -0.4 is 5.73 Å². The molecule has 0 bridgehead atoms. The van der Waals surface area contributed by atoms with Crippen molar-refractivity contribution in [1.82, 2.24) is 15.0 Å². The maximum Gasteiger partial charge on any atom is 0.178 e. The van der Waals surface area contributed by atoms with Gasteiger partial charge in [-0.15, -0.1) is 0 Å². The Labute approximate surface area is 87.7 Å². The molecule has 0 aliphatic carbocycles. The molecule has 2 aromatic rings. The second-order valence-electron chi connectivity index (χ2n) is 3.51. The molecular formula is C10H14N4O. The summed E-state index contributed by atoms with van der Waals surface area (Å²) in [6, 6.07) is 3.66. The monoisotopic (exact) mass is 206 g/mol. The second kappa shape index (κ2) is 3.96. The number of hydrogen-bond donors (Lipinski definition) is 2. The number of imidazole rings is 1.